The number of hydrogen-bond acceptors (Lipinski definition) is 4. The molecule has 0 aliphatic rings. The van der Waals surface area contributed by atoms with E-state index in [0.29, 0.717) is 0 Å². The van der Waals surface area contributed by atoms with Crippen LogP contribution in [0.2, 0.25) is 5.02 Å². The van der Waals surface area contributed by atoms with Crippen LogP contribution in [-0.4, -0.2) is 4.92 Å². The van der Waals surface area contributed by atoms with Crippen LogP contribution >= 0.6 is 11.6 Å². The number of nitrogens with one attached hydrogen (secondary N) is 1. The fourth-order valence-electron chi connectivity index (χ4n) is 0.817. The van der Waals surface area contributed by atoms with Gasteiger partial charge in [-0.1, -0.05) is 17.7 Å². The van der Waals surface area contributed by atoms with Crippen molar-refractivity contribution < 1.29 is 4.92 Å². The van der Waals surface area contributed by atoms with Crippen molar-refractivity contribution in [3.63, 3.8) is 0 Å². The molecule has 0 aromatic heterocycles. The van der Waals surface area contributed by atoms with Crippen molar-refractivity contribution in [3.8, 4) is 0 Å². The van der Waals surface area contributed by atoms with E-state index in [1.807, 2.05) is 0 Å². The van der Waals surface area contributed by atoms with Gasteiger partial charge in [-0.05, 0) is 12.1 Å². The lowest BCUT2D eigenvalue weighted by molar-refractivity contribution is -0.383. The highest BCUT2D eigenvalue weighted by Crippen LogP contribution is 2.31. The lowest BCUT2D eigenvalue weighted by Crippen LogP contribution is -2.08. The van der Waals surface area contributed by atoms with Crippen LogP contribution < -0.4 is 11.3 Å². The maximum absolute atomic E-state index is 10.4. The number of nitrogen functional groups attached to an aromatic ring is 1. The number of halogens is 1. The number of para-hydroxylation sites is 1. The largest absolute Gasteiger partial charge is 0.318 e. The van der Waals surface area contributed by atoms with Crippen molar-refractivity contribution in [2.75, 3.05) is 5.43 Å². The summed E-state index contributed by atoms with van der Waals surface area (Å²) in [6.07, 6.45) is 0. The minimum absolute atomic E-state index is 0.0652. The summed E-state index contributed by atoms with van der Waals surface area (Å²) in [4.78, 5) is 9.84. The van der Waals surface area contributed by atoms with Crippen molar-refractivity contribution in [1.82, 2.24) is 0 Å². The molecule has 5 nitrogen and oxygen atoms in total. The number of hydrogen-bond donors (Lipinski definition) is 2. The van der Waals surface area contributed by atoms with Gasteiger partial charge >= 0.3 is 5.69 Å². The van der Waals surface area contributed by atoms with Crippen LogP contribution in [0.15, 0.2) is 18.2 Å². The SMILES string of the molecule is NNc1cccc(Cl)c1[N+](=O)[O-]. The lowest BCUT2D eigenvalue weighted by Gasteiger charge is -2.01. The molecule has 0 spiro atoms. The Morgan fingerprint density at radius 2 is 2.25 bits per heavy atom. The van der Waals surface area contributed by atoms with Crippen molar-refractivity contribution in [1.29, 1.82) is 0 Å². The molecule has 6 heteroatoms. The van der Waals surface area contributed by atoms with Crippen LogP contribution in [0.4, 0.5) is 11.4 Å². The van der Waals surface area contributed by atoms with Gasteiger partial charge in [0.2, 0.25) is 0 Å². The zero-order valence-electron chi connectivity index (χ0n) is 5.95. The first kappa shape index (κ1) is 8.76. The molecule has 0 saturated carbocycles. The Kier molecular flexibility index (Phi) is 2.47. The van der Waals surface area contributed by atoms with Crippen molar-refractivity contribution in [3.05, 3.63) is 33.3 Å². The average molecular weight is 188 g/mol. The van der Waals surface area contributed by atoms with Crippen LogP contribution in [-0.2, 0) is 0 Å². The van der Waals surface area contributed by atoms with Crippen LogP contribution in [0.5, 0.6) is 0 Å². The molecule has 0 amide bonds. The Labute approximate surface area is 73.2 Å². The molecule has 0 bridgehead atoms. The predicted octanol–water partition coefficient (Wildman–Crippen LogP) is 1.53. The second kappa shape index (κ2) is 3.38. The van der Waals surface area contributed by atoms with Gasteiger partial charge in [-0.2, -0.15) is 0 Å². The van der Waals surface area contributed by atoms with E-state index >= 15 is 0 Å². The maximum atomic E-state index is 10.4. The summed E-state index contributed by atoms with van der Waals surface area (Å²) in [7, 11) is 0. The molecular weight excluding hydrogens is 182 g/mol. The monoisotopic (exact) mass is 187 g/mol. The molecule has 1 rings (SSSR count). The number of benzene rings is 1. The summed E-state index contributed by atoms with van der Waals surface area (Å²) in [6.45, 7) is 0. The molecule has 0 radical (unpaired) electrons. The Hall–Kier alpha value is -1.33. The second-order valence-corrected chi connectivity index (χ2v) is 2.44. The van der Waals surface area contributed by atoms with Crippen LogP contribution in [0.3, 0.4) is 0 Å². The van der Waals surface area contributed by atoms with E-state index in [9.17, 15) is 10.1 Å². The Morgan fingerprint density at radius 1 is 1.58 bits per heavy atom. The number of nitrogens with zero attached hydrogens (tertiary/aromatic N) is 1. The molecular formula is C6H6ClN3O2. The van der Waals surface area contributed by atoms with E-state index in [0.717, 1.165) is 0 Å². The fourth-order valence-corrected chi connectivity index (χ4v) is 1.06. The first-order valence-corrected chi connectivity index (χ1v) is 3.44. The van der Waals surface area contributed by atoms with Gasteiger partial charge in [-0.15, -0.1) is 0 Å². The molecule has 0 atom stereocenters. The van der Waals surface area contributed by atoms with E-state index in [-0.39, 0.29) is 16.4 Å². The number of nitrogens with two attached hydrogens (primary N) is 1. The van der Waals surface area contributed by atoms with E-state index < -0.39 is 4.92 Å². The highest BCUT2D eigenvalue weighted by Gasteiger charge is 2.16. The van der Waals surface area contributed by atoms with Crippen molar-refractivity contribution >= 4 is 23.0 Å². The van der Waals surface area contributed by atoms with Gasteiger partial charge in [0.05, 0.1) is 4.92 Å². The molecule has 0 aliphatic heterocycles. The minimum atomic E-state index is -0.586. The Balaban J connectivity index is 3.29. The second-order valence-electron chi connectivity index (χ2n) is 2.04. The van der Waals surface area contributed by atoms with E-state index in [1.54, 1.807) is 6.07 Å². The minimum Gasteiger partial charge on any atom is -0.318 e. The predicted molar refractivity (Wildman–Crippen MR) is 45.9 cm³/mol. The summed E-state index contributed by atoms with van der Waals surface area (Å²) in [5.41, 5.74) is 2.19. The van der Waals surface area contributed by atoms with E-state index in [4.69, 9.17) is 17.4 Å². The first-order valence-electron chi connectivity index (χ1n) is 3.06. The lowest BCUT2D eigenvalue weighted by atomic mass is 10.3. The summed E-state index contributed by atoms with van der Waals surface area (Å²) in [5.74, 6) is 5.04. The fraction of sp³-hybridized carbons (Fsp3) is 0. The summed E-state index contributed by atoms with van der Waals surface area (Å²) in [6, 6.07) is 4.48. The number of hydrazine groups is 1. The normalized spacial score (nSPS) is 9.50. The van der Waals surface area contributed by atoms with Gasteiger partial charge in [0, 0.05) is 0 Å². The summed E-state index contributed by atoms with van der Waals surface area (Å²) >= 11 is 5.57. The average Bonchev–Trinajstić information content (AvgIpc) is 2.03. The van der Waals surface area contributed by atoms with Gasteiger partial charge < -0.3 is 5.43 Å². The zero-order chi connectivity index (χ0) is 9.14. The van der Waals surface area contributed by atoms with Gasteiger partial charge in [0.15, 0.2) is 0 Å². The molecule has 0 heterocycles. The molecule has 1 aromatic rings. The third-order valence-electron chi connectivity index (χ3n) is 1.32. The third kappa shape index (κ3) is 1.46. The number of nitro benzene ring substituents is 1. The van der Waals surface area contributed by atoms with E-state index in [2.05, 4.69) is 5.43 Å². The first-order chi connectivity index (χ1) is 5.66. The van der Waals surface area contributed by atoms with Crippen molar-refractivity contribution in [2.45, 2.75) is 0 Å². The van der Waals surface area contributed by atoms with Crippen molar-refractivity contribution in [2.24, 2.45) is 5.84 Å². The molecule has 0 fully saturated rings. The third-order valence-corrected chi connectivity index (χ3v) is 1.63. The number of rotatable bonds is 2. The number of nitro groups is 1. The molecule has 12 heavy (non-hydrogen) atoms. The molecule has 1 aromatic carbocycles. The smallest absolute Gasteiger partial charge is 0.312 e. The van der Waals surface area contributed by atoms with Gasteiger partial charge in [0.25, 0.3) is 0 Å². The van der Waals surface area contributed by atoms with Gasteiger partial charge in [-0.25, -0.2) is 0 Å². The molecule has 64 valence electrons. The van der Waals surface area contributed by atoms with E-state index in [1.165, 1.54) is 12.1 Å². The van der Waals surface area contributed by atoms with Gasteiger partial charge in [-0.3, -0.25) is 16.0 Å². The quantitative estimate of drug-likeness (QED) is 0.418. The topological polar surface area (TPSA) is 81.2 Å². The summed E-state index contributed by atoms with van der Waals surface area (Å²) < 4.78 is 0. The van der Waals surface area contributed by atoms with Crippen LogP contribution in [0.25, 0.3) is 0 Å². The molecule has 0 saturated heterocycles. The summed E-state index contributed by atoms with van der Waals surface area (Å²) in [5, 5.41) is 10.5. The van der Waals surface area contributed by atoms with Crippen LogP contribution in [0.1, 0.15) is 0 Å². The maximum Gasteiger partial charge on any atom is 0.312 e. The molecule has 3 N–H and O–H groups in total. The number of anilines is 1. The van der Waals surface area contributed by atoms with Gasteiger partial charge in [0.1, 0.15) is 10.7 Å². The Morgan fingerprint density at radius 3 is 2.67 bits per heavy atom. The zero-order valence-corrected chi connectivity index (χ0v) is 6.71. The standard InChI is InChI=1S/C6H6ClN3O2/c7-4-2-1-3-5(9-8)6(4)10(11)12/h1-3,9H,8H2. The highest BCUT2D eigenvalue weighted by molar-refractivity contribution is 6.33. The van der Waals surface area contributed by atoms with Crippen LogP contribution in [0, 0.1) is 10.1 Å². The Bertz CT molecular complexity index is 316. The molecule has 0 aliphatic carbocycles. The molecule has 0 unspecified atom stereocenters. The highest BCUT2D eigenvalue weighted by atomic mass is 35.5.